The highest BCUT2D eigenvalue weighted by molar-refractivity contribution is 5.87. The summed E-state index contributed by atoms with van der Waals surface area (Å²) in [6.45, 7) is 17.5. The third kappa shape index (κ3) is 9.75. The molecule has 2 aliphatic heterocycles. The lowest BCUT2D eigenvalue weighted by Crippen LogP contribution is -2.60. The van der Waals surface area contributed by atoms with E-state index in [9.17, 15) is 20.1 Å². The molecule has 1 saturated heterocycles. The van der Waals surface area contributed by atoms with E-state index < -0.39 is 54.1 Å². The van der Waals surface area contributed by atoms with Gasteiger partial charge in [-0.15, -0.1) is 0 Å². The average Bonchev–Trinajstić information content (AvgIpc) is 2.99. The Morgan fingerprint density at radius 1 is 1.02 bits per heavy atom. The van der Waals surface area contributed by atoms with Gasteiger partial charge in [0.25, 0.3) is 0 Å². The van der Waals surface area contributed by atoms with Gasteiger partial charge in [-0.25, -0.2) is 4.79 Å². The molecule has 0 aromatic carbocycles. The molecular weight excluding hydrogens is 576 g/mol. The number of hydrogen-bond acceptors (Lipinski definition) is 9. The number of methoxy groups -OCH3 is 3. The molecule has 12 atom stereocenters. The Bertz CT molecular complexity index is 1080. The van der Waals surface area contributed by atoms with Crippen LogP contribution in [0.25, 0.3) is 0 Å². The Labute approximate surface area is 271 Å². The Morgan fingerprint density at radius 3 is 2.22 bits per heavy atom. The standard InChI is InChI=1S/C36H60O9/c1-20(2)33-25(7)28(37)19-36(43-12,45-33)27(9)32(39)26(8)34-29(41-10)15-13-14-21(3)16-23(5)31(38)24(6)17-22(4)18-30(42-11)35(40)44-34/h13-15,17-18,20,23-29,31-34,37-39H,16,19H2,1-12H3/b15-13+,21-14+,22-17-,30-18+/t23-,24+,25+,26-,27-,28-,29-,31+,32+,33-,34?,36-/m0/s1. The van der Waals surface area contributed by atoms with Crippen LogP contribution in [0.4, 0.5) is 0 Å². The van der Waals surface area contributed by atoms with Crippen LogP contribution in [0.1, 0.15) is 75.2 Å². The van der Waals surface area contributed by atoms with E-state index in [1.165, 1.54) is 21.3 Å². The van der Waals surface area contributed by atoms with Gasteiger partial charge in [0.15, 0.2) is 5.79 Å². The lowest BCUT2D eigenvalue weighted by Gasteiger charge is -2.51. The van der Waals surface area contributed by atoms with Crippen LogP contribution in [0.5, 0.6) is 0 Å². The van der Waals surface area contributed by atoms with Crippen LogP contribution in [-0.4, -0.2) is 85.0 Å². The molecule has 1 unspecified atom stereocenters. The first kappa shape index (κ1) is 39.2. The van der Waals surface area contributed by atoms with E-state index in [2.05, 4.69) is 0 Å². The summed E-state index contributed by atoms with van der Waals surface area (Å²) in [5.41, 5.74) is 1.82. The first-order chi connectivity index (χ1) is 21.0. The number of cyclic esters (lactones) is 1. The molecule has 0 radical (unpaired) electrons. The number of aliphatic hydroxyl groups excluding tert-OH is 3. The molecule has 1 fully saturated rings. The highest BCUT2D eigenvalue weighted by atomic mass is 16.7. The second-order valence-corrected chi connectivity index (χ2v) is 13.7. The van der Waals surface area contributed by atoms with Crippen molar-refractivity contribution >= 4 is 5.97 Å². The maximum absolute atomic E-state index is 13.6. The SMILES string of the molecule is CO/C1=C/C(C)=C\[C@@H](C)[C@H](O)[C@@H](C)C/C(C)=C/C=C/[C@H](OC)C([C@@H](C)[C@@H](O)[C@H](C)[C@]2(OC)C[C@H](O)[C@@H](C)[C@H](C(C)C)O2)OC1=O. The van der Waals surface area contributed by atoms with Crippen molar-refractivity contribution in [3.63, 3.8) is 0 Å². The minimum Gasteiger partial charge on any atom is -0.490 e. The van der Waals surface area contributed by atoms with E-state index >= 15 is 0 Å². The van der Waals surface area contributed by atoms with Gasteiger partial charge in [-0.3, -0.25) is 0 Å². The topological polar surface area (TPSA) is 124 Å². The smallest absolute Gasteiger partial charge is 0.373 e. The number of esters is 1. The van der Waals surface area contributed by atoms with Crippen molar-refractivity contribution in [2.24, 2.45) is 35.5 Å². The van der Waals surface area contributed by atoms with Crippen LogP contribution in [0, 0.1) is 35.5 Å². The molecule has 3 N–H and O–H groups in total. The normalized spacial score (nSPS) is 40.5. The molecule has 0 amide bonds. The predicted octanol–water partition coefficient (Wildman–Crippen LogP) is 5.35. The van der Waals surface area contributed by atoms with Crippen LogP contribution in [0.2, 0.25) is 0 Å². The van der Waals surface area contributed by atoms with Gasteiger partial charge in [0.05, 0.1) is 31.5 Å². The summed E-state index contributed by atoms with van der Waals surface area (Å²) in [5.74, 6) is -3.38. The van der Waals surface area contributed by atoms with Crippen molar-refractivity contribution in [3.05, 3.63) is 47.3 Å². The zero-order valence-corrected chi connectivity index (χ0v) is 29.5. The summed E-state index contributed by atoms with van der Waals surface area (Å²) in [6.07, 6.45) is 5.75. The Balaban J connectivity index is 2.56. The number of aliphatic hydroxyl groups is 3. The molecule has 2 heterocycles. The second-order valence-electron chi connectivity index (χ2n) is 13.7. The molecule has 0 saturated carbocycles. The summed E-state index contributed by atoms with van der Waals surface area (Å²) in [5, 5.41) is 33.8. The third-order valence-corrected chi connectivity index (χ3v) is 9.81. The second kappa shape index (κ2) is 17.2. The van der Waals surface area contributed by atoms with E-state index in [-0.39, 0.29) is 42.0 Å². The van der Waals surface area contributed by atoms with Gasteiger partial charge in [0.2, 0.25) is 5.76 Å². The molecular formula is C36H60O9. The third-order valence-electron chi connectivity index (χ3n) is 9.81. The summed E-state index contributed by atoms with van der Waals surface area (Å²) in [7, 11) is 4.46. The highest BCUT2D eigenvalue weighted by Crippen LogP contribution is 2.43. The quantitative estimate of drug-likeness (QED) is 0.303. The Kier molecular flexibility index (Phi) is 15.0. The molecule has 2 aliphatic rings. The maximum Gasteiger partial charge on any atom is 0.373 e. The first-order valence-corrected chi connectivity index (χ1v) is 16.3. The molecule has 2 rings (SSSR count). The predicted molar refractivity (Wildman–Crippen MR) is 175 cm³/mol. The van der Waals surface area contributed by atoms with Crippen LogP contribution >= 0.6 is 0 Å². The van der Waals surface area contributed by atoms with Crippen molar-refractivity contribution in [1.29, 1.82) is 0 Å². The number of ether oxygens (including phenoxy) is 5. The van der Waals surface area contributed by atoms with Gasteiger partial charge < -0.3 is 39.0 Å². The molecule has 0 aliphatic carbocycles. The van der Waals surface area contributed by atoms with E-state index in [1.54, 1.807) is 19.1 Å². The summed E-state index contributed by atoms with van der Waals surface area (Å²) >= 11 is 0. The Morgan fingerprint density at radius 2 is 1.67 bits per heavy atom. The van der Waals surface area contributed by atoms with Gasteiger partial charge >= 0.3 is 5.97 Å². The zero-order chi connectivity index (χ0) is 34.2. The van der Waals surface area contributed by atoms with Gasteiger partial charge in [-0.1, -0.05) is 83.9 Å². The lowest BCUT2D eigenvalue weighted by molar-refractivity contribution is -0.338. The van der Waals surface area contributed by atoms with Crippen LogP contribution < -0.4 is 0 Å². The average molecular weight is 637 g/mol. The molecule has 0 aromatic rings. The maximum atomic E-state index is 13.6. The number of rotatable bonds is 8. The van der Waals surface area contributed by atoms with Crippen molar-refractivity contribution in [2.45, 2.75) is 118 Å². The van der Waals surface area contributed by atoms with Crippen molar-refractivity contribution in [3.8, 4) is 0 Å². The van der Waals surface area contributed by atoms with Gasteiger partial charge in [0, 0.05) is 44.3 Å². The molecule has 258 valence electrons. The van der Waals surface area contributed by atoms with E-state index in [0.29, 0.717) is 6.42 Å². The van der Waals surface area contributed by atoms with Gasteiger partial charge in [-0.05, 0) is 38.2 Å². The van der Waals surface area contributed by atoms with E-state index in [1.807, 2.05) is 73.6 Å². The van der Waals surface area contributed by atoms with E-state index in [0.717, 1.165) is 11.1 Å². The first-order valence-electron chi connectivity index (χ1n) is 16.3. The minimum absolute atomic E-state index is 0.00647. The fraction of sp³-hybridized carbons (Fsp3) is 0.750. The summed E-state index contributed by atoms with van der Waals surface area (Å²) < 4.78 is 29.9. The van der Waals surface area contributed by atoms with Crippen LogP contribution in [0.15, 0.2) is 47.3 Å². The van der Waals surface area contributed by atoms with Crippen molar-refractivity contribution < 1.29 is 43.8 Å². The van der Waals surface area contributed by atoms with Crippen molar-refractivity contribution in [1.82, 2.24) is 0 Å². The molecule has 45 heavy (non-hydrogen) atoms. The van der Waals surface area contributed by atoms with Crippen LogP contribution in [-0.2, 0) is 28.5 Å². The Hall–Kier alpha value is -2.01. The monoisotopic (exact) mass is 636 g/mol. The van der Waals surface area contributed by atoms with Gasteiger partial charge in [0.1, 0.15) is 12.2 Å². The lowest BCUT2D eigenvalue weighted by atomic mass is 9.76. The molecule has 0 spiro atoms. The molecule has 0 aromatic heterocycles. The zero-order valence-electron chi connectivity index (χ0n) is 29.5. The molecule has 9 heteroatoms. The molecule has 9 nitrogen and oxygen atoms in total. The summed E-state index contributed by atoms with van der Waals surface area (Å²) in [4.78, 5) is 13.6. The van der Waals surface area contributed by atoms with Crippen molar-refractivity contribution in [2.75, 3.05) is 21.3 Å². The largest absolute Gasteiger partial charge is 0.490 e. The van der Waals surface area contributed by atoms with Gasteiger partial charge in [-0.2, -0.15) is 0 Å². The van der Waals surface area contributed by atoms with E-state index in [4.69, 9.17) is 23.7 Å². The number of carbonyl (C=O) groups is 1. The van der Waals surface area contributed by atoms with Crippen LogP contribution in [0.3, 0.4) is 0 Å². The number of allylic oxidation sites excluding steroid dienone is 5. The highest BCUT2D eigenvalue weighted by Gasteiger charge is 2.53. The fourth-order valence-corrected chi connectivity index (χ4v) is 6.84. The number of hydrogen-bond donors (Lipinski definition) is 3. The fourth-order valence-electron chi connectivity index (χ4n) is 6.84. The molecule has 0 bridgehead atoms. The minimum atomic E-state index is -1.26. The summed E-state index contributed by atoms with van der Waals surface area (Å²) in [6, 6.07) is 0. The number of carbonyl (C=O) groups excluding carboxylic acids is 1.